The summed E-state index contributed by atoms with van der Waals surface area (Å²) in [7, 11) is 0. The fourth-order valence-electron chi connectivity index (χ4n) is 3.59. The molecule has 0 saturated carbocycles. The van der Waals surface area contributed by atoms with Crippen molar-refractivity contribution in [2.75, 3.05) is 11.1 Å². The van der Waals surface area contributed by atoms with E-state index in [-0.39, 0.29) is 18.3 Å². The van der Waals surface area contributed by atoms with Crippen LogP contribution in [0.4, 0.5) is 5.69 Å². The molecule has 0 aliphatic carbocycles. The third-order valence-electron chi connectivity index (χ3n) is 5.40. The van der Waals surface area contributed by atoms with Crippen LogP contribution >= 0.6 is 11.8 Å². The molecule has 0 saturated heterocycles. The molecule has 0 radical (unpaired) electrons. The number of ether oxygens (including phenoxy) is 1. The van der Waals surface area contributed by atoms with Gasteiger partial charge in [-0.25, -0.2) is 0 Å². The van der Waals surface area contributed by atoms with E-state index in [0.717, 1.165) is 22.2 Å². The molecule has 7 heteroatoms. The predicted molar refractivity (Wildman–Crippen MR) is 138 cm³/mol. The van der Waals surface area contributed by atoms with Gasteiger partial charge in [0.05, 0.1) is 5.75 Å². The fraction of sp³-hybridized carbons (Fsp3) is 0.222. The van der Waals surface area contributed by atoms with Crippen LogP contribution in [0.5, 0.6) is 5.75 Å². The van der Waals surface area contributed by atoms with Crippen molar-refractivity contribution < 1.29 is 9.53 Å². The van der Waals surface area contributed by atoms with Crippen molar-refractivity contribution in [1.82, 2.24) is 14.8 Å². The lowest BCUT2D eigenvalue weighted by atomic mass is 10.0. The molecule has 0 aliphatic heterocycles. The fourth-order valence-corrected chi connectivity index (χ4v) is 4.35. The van der Waals surface area contributed by atoms with Crippen LogP contribution in [-0.2, 0) is 17.9 Å². The third-order valence-corrected chi connectivity index (χ3v) is 6.37. The van der Waals surface area contributed by atoms with Gasteiger partial charge in [-0.1, -0.05) is 80.2 Å². The molecule has 0 unspecified atom stereocenters. The zero-order chi connectivity index (χ0) is 23.9. The molecule has 0 fully saturated rings. The minimum atomic E-state index is -0.0935. The summed E-state index contributed by atoms with van der Waals surface area (Å²) < 4.78 is 8.01. The van der Waals surface area contributed by atoms with Crippen molar-refractivity contribution in [3.63, 3.8) is 0 Å². The lowest BCUT2D eigenvalue weighted by Gasteiger charge is -2.11. The molecule has 1 N–H and O–H groups in total. The first-order chi connectivity index (χ1) is 16.5. The second-order valence-corrected chi connectivity index (χ2v) is 9.12. The highest BCUT2D eigenvalue weighted by atomic mass is 32.2. The smallest absolute Gasteiger partial charge is 0.234 e. The summed E-state index contributed by atoms with van der Waals surface area (Å²) >= 11 is 1.34. The van der Waals surface area contributed by atoms with Gasteiger partial charge in [0, 0.05) is 17.6 Å². The highest BCUT2D eigenvalue weighted by molar-refractivity contribution is 7.99. The van der Waals surface area contributed by atoms with E-state index in [1.165, 1.54) is 17.3 Å². The van der Waals surface area contributed by atoms with Gasteiger partial charge in [-0.2, -0.15) is 0 Å². The number of benzene rings is 3. The van der Waals surface area contributed by atoms with Gasteiger partial charge >= 0.3 is 0 Å². The molecule has 0 atom stereocenters. The Hall–Kier alpha value is -3.58. The normalized spacial score (nSPS) is 11.0. The Morgan fingerprint density at radius 3 is 2.62 bits per heavy atom. The van der Waals surface area contributed by atoms with Crippen molar-refractivity contribution in [1.29, 1.82) is 0 Å². The second-order valence-electron chi connectivity index (χ2n) is 8.18. The van der Waals surface area contributed by atoms with Gasteiger partial charge < -0.3 is 10.1 Å². The summed E-state index contributed by atoms with van der Waals surface area (Å²) in [5.74, 6) is 2.06. The van der Waals surface area contributed by atoms with E-state index in [1.54, 1.807) is 6.08 Å². The van der Waals surface area contributed by atoms with Crippen LogP contribution in [0, 0.1) is 0 Å². The maximum Gasteiger partial charge on any atom is 0.234 e. The van der Waals surface area contributed by atoms with Gasteiger partial charge in [-0.05, 0) is 35.1 Å². The number of thioether (sulfide) groups is 1. The van der Waals surface area contributed by atoms with Crippen LogP contribution < -0.4 is 10.1 Å². The molecule has 0 spiro atoms. The van der Waals surface area contributed by atoms with Gasteiger partial charge in [-0.15, -0.1) is 16.8 Å². The quantitative estimate of drug-likeness (QED) is 0.225. The molecule has 0 bridgehead atoms. The summed E-state index contributed by atoms with van der Waals surface area (Å²) in [6, 6.07) is 22.0. The maximum absolute atomic E-state index is 12.5. The Balaban J connectivity index is 1.39. The number of anilines is 1. The predicted octanol–water partition coefficient (Wildman–Crippen LogP) is 6.05. The monoisotopic (exact) mass is 472 g/mol. The summed E-state index contributed by atoms with van der Waals surface area (Å²) in [5.41, 5.74) is 2.02. The number of fused-ring (bicyclic) bond motifs is 1. The number of carbonyl (C=O) groups excluding carboxylic acids is 1. The first kappa shape index (κ1) is 23.6. The van der Waals surface area contributed by atoms with Gasteiger partial charge in [0.25, 0.3) is 0 Å². The topological polar surface area (TPSA) is 69.0 Å². The Kier molecular flexibility index (Phi) is 7.65. The first-order valence-electron chi connectivity index (χ1n) is 11.2. The molecular formula is C27H28N4O2S. The number of hydrogen-bond acceptors (Lipinski definition) is 5. The molecule has 1 amide bonds. The van der Waals surface area contributed by atoms with Crippen LogP contribution in [0.1, 0.15) is 31.2 Å². The van der Waals surface area contributed by atoms with Gasteiger partial charge in [0.1, 0.15) is 12.4 Å². The van der Waals surface area contributed by atoms with Crippen LogP contribution in [0.3, 0.4) is 0 Å². The van der Waals surface area contributed by atoms with Gasteiger partial charge in [0.15, 0.2) is 11.0 Å². The number of rotatable bonds is 10. The zero-order valence-electron chi connectivity index (χ0n) is 19.4. The number of hydrogen-bond donors (Lipinski definition) is 1. The Morgan fingerprint density at radius 2 is 1.85 bits per heavy atom. The van der Waals surface area contributed by atoms with E-state index in [4.69, 9.17) is 4.74 Å². The van der Waals surface area contributed by atoms with E-state index in [2.05, 4.69) is 48.1 Å². The first-order valence-corrected chi connectivity index (χ1v) is 12.2. The largest absolute Gasteiger partial charge is 0.485 e. The minimum Gasteiger partial charge on any atom is -0.485 e. The lowest BCUT2D eigenvalue weighted by molar-refractivity contribution is -0.113. The second kappa shape index (κ2) is 11.0. The average Bonchev–Trinajstić information content (AvgIpc) is 3.23. The molecule has 4 rings (SSSR count). The molecule has 34 heavy (non-hydrogen) atoms. The Morgan fingerprint density at radius 1 is 1.09 bits per heavy atom. The van der Waals surface area contributed by atoms with Crippen LogP contribution in [0.25, 0.3) is 10.8 Å². The van der Waals surface area contributed by atoms with Crippen LogP contribution in [0.2, 0.25) is 0 Å². The maximum atomic E-state index is 12.5. The van der Waals surface area contributed by atoms with Crippen LogP contribution in [0.15, 0.2) is 84.5 Å². The molecule has 174 valence electrons. The van der Waals surface area contributed by atoms with E-state index in [9.17, 15) is 4.79 Å². The Bertz CT molecular complexity index is 1280. The van der Waals surface area contributed by atoms with Crippen molar-refractivity contribution in [3.05, 3.63) is 90.8 Å². The number of amides is 1. The van der Waals surface area contributed by atoms with E-state index in [0.29, 0.717) is 23.4 Å². The minimum absolute atomic E-state index is 0.0935. The number of carbonyl (C=O) groups is 1. The summed E-state index contributed by atoms with van der Waals surface area (Å²) in [4.78, 5) is 12.5. The van der Waals surface area contributed by atoms with E-state index in [1.807, 2.05) is 59.2 Å². The van der Waals surface area contributed by atoms with Crippen LogP contribution in [-0.4, -0.2) is 26.4 Å². The van der Waals surface area contributed by atoms with E-state index < -0.39 is 0 Å². The van der Waals surface area contributed by atoms with Gasteiger partial charge in [-0.3, -0.25) is 9.36 Å². The molecule has 6 nitrogen and oxygen atoms in total. The van der Waals surface area contributed by atoms with Crippen molar-refractivity contribution in [2.24, 2.45) is 0 Å². The number of allylic oxidation sites excluding steroid dienone is 1. The summed E-state index contributed by atoms with van der Waals surface area (Å²) in [5, 5.41) is 14.4. The van der Waals surface area contributed by atoms with Gasteiger partial charge in [0.2, 0.25) is 5.91 Å². The third kappa shape index (κ3) is 5.66. The number of nitrogens with one attached hydrogen (secondary N) is 1. The molecular weight excluding hydrogens is 444 g/mol. The number of aromatic nitrogens is 3. The molecule has 3 aromatic carbocycles. The molecule has 0 aliphatic rings. The summed E-state index contributed by atoms with van der Waals surface area (Å²) in [6.45, 7) is 8.93. The van der Waals surface area contributed by atoms with Crippen molar-refractivity contribution in [2.45, 2.75) is 38.1 Å². The lowest BCUT2D eigenvalue weighted by Crippen LogP contribution is -2.15. The summed E-state index contributed by atoms with van der Waals surface area (Å²) in [6.07, 6.45) is 1.78. The Labute approximate surface area is 204 Å². The molecule has 1 aromatic heterocycles. The average molecular weight is 473 g/mol. The van der Waals surface area contributed by atoms with Crippen molar-refractivity contribution in [3.8, 4) is 5.75 Å². The molecule has 4 aromatic rings. The highest BCUT2D eigenvalue weighted by Gasteiger charge is 2.15. The zero-order valence-corrected chi connectivity index (χ0v) is 20.2. The highest BCUT2D eigenvalue weighted by Crippen LogP contribution is 2.26. The van der Waals surface area contributed by atoms with Crippen molar-refractivity contribution >= 4 is 34.1 Å². The van der Waals surface area contributed by atoms with E-state index >= 15 is 0 Å². The number of nitrogens with zero attached hydrogens (tertiary/aromatic N) is 3. The SMILES string of the molecule is C=CCn1c(COc2cccc3ccccc23)nnc1SCC(=O)Nc1ccc(C(C)C)cc1. The molecule has 1 heterocycles. The standard InChI is InChI=1S/C27H28N4O2S/c1-4-16-31-25(17-33-24-11-7-9-21-8-5-6-10-23(21)24)29-30-27(31)34-18-26(32)28-22-14-12-20(13-15-22)19(2)3/h4-15,19H,1,16-18H2,2-3H3,(H,28,32).